The molecule has 0 saturated heterocycles. The van der Waals surface area contributed by atoms with Gasteiger partial charge in [0.2, 0.25) is 5.75 Å². The molecule has 1 aromatic heterocycles. The van der Waals surface area contributed by atoms with Crippen LogP contribution in [-0.2, 0) is 9.53 Å². The molecular formula is C18H21NO7. The van der Waals surface area contributed by atoms with Crippen LogP contribution in [-0.4, -0.2) is 39.8 Å². The molecule has 0 aliphatic heterocycles. The lowest BCUT2D eigenvalue weighted by Gasteiger charge is -2.15. The van der Waals surface area contributed by atoms with E-state index in [-0.39, 0.29) is 23.1 Å². The van der Waals surface area contributed by atoms with Gasteiger partial charge in [-0.1, -0.05) is 0 Å². The second kappa shape index (κ2) is 8.80. The van der Waals surface area contributed by atoms with E-state index in [2.05, 4.69) is 5.32 Å². The van der Waals surface area contributed by atoms with Gasteiger partial charge < -0.3 is 28.7 Å². The Kier molecular flexibility index (Phi) is 6.48. The highest BCUT2D eigenvalue weighted by Gasteiger charge is 2.22. The second-order valence-corrected chi connectivity index (χ2v) is 5.26. The molecule has 2 aromatic rings. The van der Waals surface area contributed by atoms with Crippen molar-refractivity contribution in [3.05, 3.63) is 41.9 Å². The molecule has 1 heterocycles. The van der Waals surface area contributed by atoms with E-state index in [0.29, 0.717) is 11.5 Å². The van der Waals surface area contributed by atoms with Gasteiger partial charge in [0.15, 0.2) is 18.1 Å². The number of carbonyl (C=O) groups excluding carboxylic acids is 2. The third kappa shape index (κ3) is 4.27. The first-order chi connectivity index (χ1) is 12.5. The Bertz CT molecular complexity index is 755. The second-order valence-electron chi connectivity index (χ2n) is 5.26. The first kappa shape index (κ1) is 19.2. The van der Waals surface area contributed by atoms with Crippen molar-refractivity contribution in [2.75, 3.05) is 27.9 Å². The Hall–Kier alpha value is -3.16. The molecule has 0 radical (unpaired) electrons. The molecular weight excluding hydrogens is 342 g/mol. The number of nitrogens with one attached hydrogen (secondary N) is 1. The van der Waals surface area contributed by atoms with Gasteiger partial charge in [-0.25, -0.2) is 4.79 Å². The van der Waals surface area contributed by atoms with E-state index in [9.17, 15) is 9.59 Å². The van der Waals surface area contributed by atoms with Crippen LogP contribution < -0.4 is 19.5 Å². The van der Waals surface area contributed by atoms with Gasteiger partial charge in [-0.3, -0.25) is 4.79 Å². The summed E-state index contributed by atoms with van der Waals surface area (Å²) in [6.45, 7) is 1.32. The van der Waals surface area contributed by atoms with Crippen molar-refractivity contribution in [2.45, 2.75) is 13.0 Å². The summed E-state index contributed by atoms with van der Waals surface area (Å²) in [5, 5.41) is 2.67. The van der Waals surface area contributed by atoms with Crippen LogP contribution in [0.5, 0.6) is 17.2 Å². The van der Waals surface area contributed by atoms with Gasteiger partial charge >= 0.3 is 5.97 Å². The average molecular weight is 363 g/mol. The number of rotatable bonds is 8. The molecule has 0 aliphatic carbocycles. The molecule has 0 spiro atoms. The topological polar surface area (TPSA) is 96.2 Å². The fourth-order valence-corrected chi connectivity index (χ4v) is 2.36. The van der Waals surface area contributed by atoms with Gasteiger partial charge in [0, 0.05) is 0 Å². The van der Waals surface area contributed by atoms with E-state index >= 15 is 0 Å². The van der Waals surface area contributed by atoms with Gasteiger partial charge in [-0.15, -0.1) is 0 Å². The van der Waals surface area contributed by atoms with Gasteiger partial charge in [-0.2, -0.15) is 0 Å². The first-order valence-corrected chi connectivity index (χ1v) is 7.80. The highest BCUT2D eigenvalue weighted by atomic mass is 16.5. The zero-order valence-corrected chi connectivity index (χ0v) is 15.0. The Morgan fingerprint density at radius 3 is 2.38 bits per heavy atom. The molecule has 1 aromatic carbocycles. The Morgan fingerprint density at radius 2 is 1.81 bits per heavy atom. The maximum absolute atomic E-state index is 12.3. The predicted molar refractivity (Wildman–Crippen MR) is 91.6 cm³/mol. The quantitative estimate of drug-likeness (QED) is 0.719. The molecule has 0 fully saturated rings. The number of ether oxygens (including phenoxy) is 4. The fraction of sp³-hybridized carbons (Fsp3) is 0.333. The molecule has 2 rings (SSSR count). The minimum absolute atomic E-state index is 0.122. The molecule has 0 aliphatic rings. The Morgan fingerprint density at radius 1 is 1.08 bits per heavy atom. The summed E-state index contributed by atoms with van der Waals surface area (Å²) < 4.78 is 25.9. The van der Waals surface area contributed by atoms with Crippen molar-refractivity contribution >= 4 is 11.9 Å². The SMILES string of the molecule is COc1ccc(C(=O)OCC(=O)N[C@@H](C)c2ccco2)c(OC)c1OC. The summed E-state index contributed by atoms with van der Waals surface area (Å²) in [4.78, 5) is 24.3. The van der Waals surface area contributed by atoms with Crippen molar-refractivity contribution in [1.82, 2.24) is 5.32 Å². The summed E-state index contributed by atoms with van der Waals surface area (Å²) >= 11 is 0. The van der Waals surface area contributed by atoms with Crippen molar-refractivity contribution in [3.63, 3.8) is 0 Å². The number of carbonyl (C=O) groups is 2. The van der Waals surface area contributed by atoms with Crippen LogP contribution in [0.4, 0.5) is 0 Å². The molecule has 0 bridgehead atoms. The van der Waals surface area contributed by atoms with Crippen LogP contribution in [0.3, 0.4) is 0 Å². The van der Waals surface area contributed by atoms with Crippen molar-refractivity contribution < 1.29 is 33.0 Å². The number of esters is 1. The van der Waals surface area contributed by atoms with Crippen LogP contribution >= 0.6 is 0 Å². The van der Waals surface area contributed by atoms with Crippen molar-refractivity contribution in [3.8, 4) is 17.2 Å². The molecule has 1 N–H and O–H groups in total. The van der Waals surface area contributed by atoms with Gasteiger partial charge in [0.05, 0.1) is 33.6 Å². The van der Waals surface area contributed by atoms with E-state index in [4.69, 9.17) is 23.4 Å². The lowest BCUT2D eigenvalue weighted by molar-refractivity contribution is -0.125. The lowest BCUT2D eigenvalue weighted by atomic mass is 10.1. The largest absolute Gasteiger partial charge is 0.493 e. The highest BCUT2D eigenvalue weighted by molar-refractivity contribution is 5.95. The number of furan rings is 1. The van der Waals surface area contributed by atoms with Crippen LogP contribution in [0.25, 0.3) is 0 Å². The Balaban J connectivity index is 2.02. The van der Waals surface area contributed by atoms with Crippen LogP contribution in [0.1, 0.15) is 29.1 Å². The number of hydrogen-bond acceptors (Lipinski definition) is 7. The standard InChI is InChI=1S/C18H21NO7/c1-11(13-6-5-9-25-13)19-15(20)10-26-18(21)12-7-8-14(22-2)17(24-4)16(12)23-3/h5-9,11H,10H2,1-4H3,(H,19,20)/t11-/m0/s1. The van der Waals surface area contributed by atoms with Crippen LogP contribution in [0, 0.1) is 0 Å². The molecule has 1 atom stereocenters. The zero-order valence-electron chi connectivity index (χ0n) is 15.0. The van der Waals surface area contributed by atoms with Crippen LogP contribution in [0.2, 0.25) is 0 Å². The molecule has 0 saturated carbocycles. The smallest absolute Gasteiger partial charge is 0.342 e. The van der Waals surface area contributed by atoms with Crippen molar-refractivity contribution in [2.24, 2.45) is 0 Å². The summed E-state index contributed by atoms with van der Waals surface area (Å²) in [6, 6.07) is 6.15. The first-order valence-electron chi connectivity index (χ1n) is 7.80. The lowest BCUT2D eigenvalue weighted by Crippen LogP contribution is -2.31. The molecule has 8 heteroatoms. The predicted octanol–water partition coefficient (Wildman–Crippen LogP) is 2.34. The van der Waals surface area contributed by atoms with E-state index in [1.54, 1.807) is 25.1 Å². The fourth-order valence-electron chi connectivity index (χ4n) is 2.36. The van der Waals surface area contributed by atoms with E-state index < -0.39 is 18.5 Å². The molecule has 0 unspecified atom stereocenters. The minimum atomic E-state index is -0.719. The summed E-state index contributed by atoms with van der Waals surface area (Å²) in [7, 11) is 4.30. The average Bonchev–Trinajstić information content (AvgIpc) is 3.19. The molecule has 1 amide bonds. The van der Waals surface area contributed by atoms with E-state index in [1.165, 1.54) is 33.7 Å². The zero-order chi connectivity index (χ0) is 19.1. The van der Waals surface area contributed by atoms with Gasteiger partial charge in [0.25, 0.3) is 5.91 Å². The number of benzene rings is 1. The van der Waals surface area contributed by atoms with Crippen LogP contribution in [0.15, 0.2) is 34.9 Å². The number of methoxy groups -OCH3 is 3. The van der Waals surface area contributed by atoms with E-state index in [0.717, 1.165) is 0 Å². The summed E-state index contributed by atoms with van der Waals surface area (Å²) in [5.74, 6) is 0.268. The number of hydrogen-bond donors (Lipinski definition) is 1. The minimum Gasteiger partial charge on any atom is -0.493 e. The summed E-state index contributed by atoms with van der Waals surface area (Å²) in [5.41, 5.74) is 0.122. The third-order valence-electron chi connectivity index (χ3n) is 3.61. The molecule has 26 heavy (non-hydrogen) atoms. The third-order valence-corrected chi connectivity index (χ3v) is 3.61. The Labute approximate surface area is 151 Å². The molecule has 140 valence electrons. The van der Waals surface area contributed by atoms with E-state index in [1.807, 2.05) is 0 Å². The molecule has 8 nitrogen and oxygen atoms in total. The van der Waals surface area contributed by atoms with Gasteiger partial charge in [-0.05, 0) is 31.2 Å². The van der Waals surface area contributed by atoms with Gasteiger partial charge in [0.1, 0.15) is 11.3 Å². The summed E-state index contributed by atoms with van der Waals surface area (Å²) in [6.07, 6.45) is 1.52. The van der Waals surface area contributed by atoms with Crippen molar-refractivity contribution in [1.29, 1.82) is 0 Å². The maximum atomic E-state index is 12.3. The maximum Gasteiger partial charge on any atom is 0.342 e. The number of amides is 1. The highest BCUT2D eigenvalue weighted by Crippen LogP contribution is 2.39. The normalized spacial score (nSPS) is 11.4. The monoisotopic (exact) mass is 363 g/mol.